The number of aliphatic hydroxyl groups excluding tert-OH is 2. The number of halogens is 2. The van der Waals surface area contributed by atoms with Crippen LogP contribution in [0.1, 0.15) is 42.6 Å². The molecule has 4 rings (SSSR count). The third kappa shape index (κ3) is 4.08. The molecule has 1 fully saturated rings. The van der Waals surface area contributed by atoms with Gasteiger partial charge in [0, 0.05) is 31.6 Å². The summed E-state index contributed by atoms with van der Waals surface area (Å²) in [5.41, 5.74) is 0.660. The Morgan fingerprint density at radius 2 is 1.93 bits per heavy atom. The van der Waals surface area contributed by atoms with Crippen LogP contribution in [-0.2, 0) is 0 Å². The molecule has 2 aromatic carbocycles. The summed E-state index contributed by atoms with van der Waals surface area (Å²) in [5.74, 6) is -0.519. The maximum atomic E-state index is 13.4. The molecule has 0 bridgehead atoms. The normalized spacial score (nSPS) is 22.0. The molecule has 2 aromatic rings. The van der Waals surface area contributed by atoms with Crippen LogP contribution in [0.2, 0.25) is 0 Å². The number of β-amino-alcohol motifs (C(OH)–C–C–N with tert-alkyl or cyclic N) is 1. The highest BCUT2D eigenvalue weighted by molar-refractivity contribution is 5.43. The largest absolute Gasteiger partial charge is 0.497 e. The van der Waals surface area contributed by atoms with Gasteiger partial charge < -0.3 is 24.6 Å². The smallest absolute Gasteiger partial charge is 0.159 e. The fourth-order valence-electron chi connectivity index (χ4n) is 4.26. The fourth-order valence-corrected chi connectivity index (χ4v) is 4.26. The molecule has 5 nitrogen and oxygen atoms in total. The van der Waals surface area contributed by atoms with Crippen LogP contribution < -0.4 is 9.47 Å². The molecule has 2 N–H and O–H groups in total. The van der Waals surface area contributed by atoms with E-state index in [0.717, 1.165) is 17.7 Å². The minimum atomic E-state index is -0.959. The molecule has 1 saturated heterocycles. The van der Waals surface area contributed by atoms with Crippen LogP contribution in [0.15, 0.2) is 36.4 Å². The van der Waals surface area contributed by atoms with Crippen LogP contribution in [-0.4, -0.2) is 47.5 Å². The monoisotopic (exact) mass is 405 g/mol. The van der Waals surface area contributed by atoms with E-state index < -0.39 is 29.4 Å². The SMILES string of the molecule is COc1ccc2c(c1)[C@@H](O)CC1(CCN(C[C@H](O)c3ccc(F)c(F)c3)CC1)O2. The van der Waals surface area contributed by atoms with E-state index in [1.807, 2.05) is 12.1 Å². The lowest BCUT2D eigenvalue weighted by atomic mass is 9.81. The fraction of sp³-hybridized carbons (Fsp3) is 0.455. The number of ether oxygens (including phenoxy) is 2. The van der Waals surface area contributed by atoms with Gasteiger partial charge >= 0.3 is 0 Å². The van der Waals surface area contributed by atoms with Crippen molar-refractivity contribution < 1.29 is 28.5 Å². The van der Waals surface area contributed by atoms with Crippen molar-refractivity contribution in [2.24, 2.45) is 0 Å². The first-order valence-corrected chi connectivity index (χ1v) is 9.79. The lowest BCUT2D eigenvalue weighted by Gasteiger charge is -2.46. The van der Waals surface area contributed by atoms with Gasteiger partial charge in [0.1, 0.15) is 17.1 Å². The molecule has 0 saturated carbocycles. The third-order valence-corrected chi connectivity index (χ3v) is 5.99. The van der Waals surface area contributed by atoms with Gasteiger partial charge in [0.2, 0.25) is 0 Å². The standard InChI is InChI=1S/C22H25F2NO4/c1-28-15-3-5-21-16(11-15)19(26)12-22(29-21)6-8-25(9-7-22)13-20(27)14-2-4-17(23)18(24)10-14/h2-5,10-11,19-20,26-27H,6-9,12-13H2,1H3/t19-,20-/m0/s1. The molecule has 0 aliphatic carbocycles. The lowest BCUT2D eigenvalue weighted by molar-refractivity contribution is -0.0588. The van der Waals surface area contributed by atoms with Gasteiger partial charge in [-0.15, -0.1) is 0 Å². The Kier molecular flexibility index (Phi) is 5.46. The summed E-state index contributed by atoms with van der Waals surface area (Å²) in [6.45, 7) is 1.69. The molecule has 0 unspecified atom stereocenters. The number of hydrogen-bond acceptors (Lipinski definition) is 5. The van der Waals surface area contributed by atoms with Gasteiger partial charge in [-0.25, -0.2) is 8.78 Å². The van der Waals surface area contributed by atoms with E-state index in [0.29, 0.717) is 56.0 Å². The number of piperidine rings is 1. The predicted molar refractivity (Wildman–Crippen MR) is 103 cm³/mol. The summed E-state index contributed by atoms with van der Waals surface area (Å²) >= 11 is 0. The summed E-state index contributed by atoms with van der Waals surface area (Å²) in [4.78, 5) is 2.08. The van der Waals surface area contributed by atoms with E-state index in [2.05, 4.69) is 4.90 Å². The number of hydrogen-bond donors (Lipinski definition) is 2. The van der Waals surface area contributed by atoms with Gasteiger partial charge in [0.05, 0.1) is 19.3 Å². The Morgan fingerprint density at radius 1 is 1.17 bits per heavy atom. The molecule has 156 valence electrons. The Morgan fingerprint density at radius 3 is 2.62 bits per heavy atom. The van der Waals surface area contributed by atoms with Crippen LogP contribution in [0.5, 0.6) is 11.5 Å². The molecular formula is C22H25F2NO4. The summed E-state index contributed by atoms with van der Waals surface area (Å²) in [5, 5.41) is 21.0. The minimum absolute atomic E-state index is 0.331. The molecule has 2 aliphatic rings. The van der Waals surface area contributed by atoms with Crippen LogP contribution in [0.3, 0.4) is 0 Å². The third-order valence-electron chi connectivity index (χ3n) is 5.99. The first-order chi connectivity index (χ1) is 13.9. The van der Waals surface area contributed by atoms with Crippen molar-refractivity contribution in [3.63, 3.8) is 0 Å². The molecule has 0 aromatic heterocycles. The number of nitrogens with zero attached hydrogens (tertiary/aromatic N) is 1. The Bertz CT molecular complexity index is 883. The van der Waals surface area contributed by atoms with Crippen LogP contribution >= 0.6 is 0 Å². The predicted octanol–water partition coefficient (Wildman–Crippen LogP) is 3.36. The summed E-state index contributed by atoms with van der Waals surface area (Å²) < 4.78 is 38.0. The number of likely N-dealkylation sites (tertiary alicyclic amines) is 1. The highest BCUT2D eigenvalue weighted by atomic mass is 19.2. The molecule has 0 radical (unpaired) electrons. The maximum Gasteiger partial charge on any atom is 0.159 e. The zero-order chi connectivity index (χ0) is 20.6. The van der Waals surface area contributed by atoms with Gasteiger partial charge in [0.15, 0.2) is 11.6 Å². The highest BCUT2D eigenvalue weighted by Gasteiger charge is 2.43. The molecular weight excluding hydrogens is 380 g/mol. The van der Waals surface area contributed by atoms with Crippen LogP contribution in [0.4, 0.5) is 8.78 Å². The average Bonchev–Trinajstić information content (AvgIpc) is 2.71. The van der Waals surface area contributed by atoms with Gasteiger partial charge in [-0.05, 0) is 48.7 Å². The second kappa shape index (κ2) is 7.89. The summed E-state index contributed by atoms with van der Waals surface area (Å²) in [6, 6.07) is 8.93. The van der Waals surface area contributed by atoms with Crippen LogP contribution in [0, 0.1) is 11.6 Å². The van der Waals surface area contributed by atoms with Crippen molar-refractivity contribution >= 4 is 0 Å². The second-order valence-electron chi connectivity index (χ2n) is 7.90. The van der Waals surface area contributed by atoms with Gasteiger partial charge in [-0.3, -0.25) is 0 Å². The highest BCUT2D eigenvalue weighted by Crippen LogP contribution is 2.45. The number of fused-ring (bicyclic) bond motifs is 1. The topological polar surface area (TPSA) is 62.2 Å². The van der Waals surface area contributed by atoms with Gasteiger partial charge in [-0.1, -0.05) is 6.07 Å². The Hall–Kier alpha value is -2.22. The molecule has 2 atom stereocenters. The first-order valence-electron chi connectivity index (χ1n) is 9.79. The first kappa shape index (κ1) is 20.1. The van der Waals surface area contributed by atoms with Gasteiger partial charge in [-0.2, -0.15) is 0 Å². The van der Waals surface area contributed by atoms with E-state index in [-0.39, 0.29) is 0 Å². The number of aliphatic hydroxyl groups is 2. The number of benzene rings is 2. The van der Waals surface area contributed by atoms with Crippen molar-refractivity contribution in [3.05, 3.63) is 59.2 Å². The molecule has 2 aliphatic heterocycles. The molecule has 0 amide bonds. The van der Waals surface area contributed by atoms with Crippen molar-refractivity contribution in [3.8, 4) is 11.5 Å². The van der Waals surface area contributed by atoms with Crippen molar-refractivity contribution in [2.45, 2.75) is 37.1 Å². The maximum absolute atomic E-state index is 13.4. The Labute approximate surface area is 168 Å². The number of rotatable bonds is 4. The summed E-state index contributed by atoms with van der Waals surface area (Å²) in [7, 11) is 1.59. The molecule has 1 spiro atoms. The van der Waals surface area contributed by atoms with E-state index >= 15 is 0 Å². The number of methoxy groups -OCH3 is 1. The quantitative estimate of drug-likeness (QED) is 0.817. The van der Waals surface area contributed by atoms with E-state index in [1.165, 1.54) is 6.07 Å². The Balaban J connectivity index is 1.39. The van der Waals surface area contributed by atoms with Crippen LogP contribution in [0.25, 0.3) is 0 Å². The van der Waals surface area contributed by atoms with E-state index in [9.17, 15) is 19.0 Å². The van der Waals surface area contributed by atoms with Crippen molar-refractivity contribution in [1.29, 1.82) is 0 Å². The lowest BCUT2D eigenvalue weighted by Crippen LogP contribution is -2.51. The summed E-state index contributed by atoms with van der Waals surface area (Å²) in [6.07, 6.45) is 0.408. The molecule has 29 heavy (non-hydrogen) atoms. The molecule has 7 heteroatoms. The zero-order valence-corrected chi connectivity index (χ0v) is 16.3. The second-order valence-corrected chi connectivity index (χ2v) is 7.90. The zero-order valence-electron chi connectivity index (χ0n) is 16.3. The van der Waals surface area contributed by atoms with E-state index in [4.69, 9.17) is 9.47 Å². The minimum Gasteiger partial charge on any atom is -0.497 e. The van der Waals surface area contributed by atoms with Gasteiger partial charge in [0.25, 0.3) is 0 Å². The van der Waals surface area contributed by atoms with Crippen molar-refractivity contribution in [1.82, 2.24) is 4.90 Å². The molecule has 2 heterocycles. The van der Waals surface area contributed by atoms with E-state index in [1.54, 1.807) is 13.2 Å². The van der Waals surface area contributed by atoms with Crippen molar-refractivity contribution in [2.75, 3.05) is 26.7 Å². The average molecular weight is 405 g/mol.